The molecule has 2 aromatic carbocycles. The van der Waals surface area contributed by atoms with Gasteiger partial charge in [0.1, 0.15) is 12.7 Å². The molecule has 0 fully saturated rings. The molecule has 15 nitrogen and oxygen atoms in total. The molecule has 2 unspecified atom stereocenters. The second kappa shape index (κ2) is 15.7. The smallest absolute Gasteiger partial charge is 0.358 e. The molecule has 4 aliphatic heterocycles. The topological polar surface area (TPSA) is 187 Å². The zero-order valence-corrected chi connectivity index (χ0v) is 30.1. The van der Waals surface area contributed by atoms with Crippen LogP contribution in [0.15, 0.2) is 69.5 Å². The van der Waals surface area contributed by atoms with E-state index in [-0.39, 0.29) is 17.5 Å². The van der Waals surface area contributed by atoms with E-state index < -0.39 is 11.9 Å². The number of aromatic carboxylic acids is 1. The molecule has 4 aliphatic rings. The van der Waals surface area contributed by atoms with Crippen molar-refractivity contribution in [3.05, 3.63) is 93.0 Å². The summed E-state index contributed by atoms with van der Waals surface area (Å²) in [6.45, 7) is 2.78. The van der Waals surface area contributed by atoms with E-state index in [9.17, 15) is 14.7 Å². The van der Waals surface area contributed by atoms with Crippen LogP contribution in [0.1, 0.15) is 50.4 Å². The van der Waals surface area contributed by atoms with E-state index in [1.54, 1.807) is 44.2 Å². The first-order valence-corrected chi connectivity index (χ1v) is 16.8. The SMILES string of the molecule is CCOC(=O)c1ncn2c1CC1C(COC)=NN=C1c1cc(Cl)ccc1-2.CO.COCC1=NN=C2c3cc(Cl)ccc3-n3cnc(C(=O)O)c3CC12. The molecule has 270 valence electrons. The highest BCUT2D eigenvalue weighted by atomic mass is 35.5. The molecule has 2 aromatic heterocycles. The maximum Gasteiger partial charge on any atom is 0.358 e. The maximum absolute atomic E-state index is 12.4. The Hall–Kier alpha value is -5.06. The van der Waals surface area contributed by atoms with Gasteiger partial charge in [0.25, 0.3) is 0 Å². The molecule has 0 radical (unpaired) electrons. The second-order valence-corrected chi connectivity index (χ2v) is 12.6. The van der Waals surface area contributed by atoms with Crippen LogP contribution in [-0.4, -0.2) is 105 Å². The molecule has 2 atom stereocenters. The van der Waals surface area contributed by atoms with Gasteiger partial charge in [0.2, 0.25) is 0 Å². The van der Waals surface area contributed by atoms with E-state index in [1.807, 2.05) is 28.8 Å². The lowest BCUT2D eigenvalue weighted by atomic mass is 9.89. The van der Waals surface area contributed by atoms with Crippen LogP contribution in [0.4, 0.5) is 0 Å². The molecule has 8 rings (SSSR count). The average Bonchev–Trinajstić information content (AvgIpc) is 3.91. The standard InChI is InChI=1S/C18H17ClN4O3.C16H13ClN4O3.CH4O/c1-3-26-18(24)17-15-7-11-13(8-25-2)21-22-16(11)12-6-10(19)4-5-14(12)23(15)9-20-17;1-24-6-11-9-5-13-15(16(22)23)18-7-21(13)12-3-2-8(17)4-10(12)14(9)20-19-11;1-2/h4-6,9,11H,3,7-8H2,1-2H3;2-4,7,9H,5-6H2,1H3,(H,22,23);2H,1H3. The van der Waals surface area contributed by atoms with Crippen molar-refractivity contribution in [3.8, 4) is 11.4 Å². The first-order valence-electron chi connectivity index (χ1n) is 16.1. The third-order valence-electron chi connectivity index (χ3n) is 8.81. The Balaban J connectivity index is 0.000000171. The molecular formula is C35H34Cl2N8O7. The number of hydrogen-bond donors (Lipinski definition) is 2. The van der Waals surface area contributed by atoms with Gasteiger partial charge in [-0.1, -0.05) is 23.2 Å². The van der Waals surface area contributed by atoms with Crippen LogP contribution < -0.4 is 0 Å². The molecule has 0 bridgehead atoms. The number of aromatic nitrogens is 4. The van der Waals surface area contributed by atoms with Crippen molar-refractivity contribution >= 4 is 58.0 Å². The second-order valence-electron chi connectivity index (χ2n) is 11.7. The van der Waals surface area contributed by atoms with Gasteiger partial charge in [-0.15, -0.1) is 0 Å². The van der Waals surface area contributed by atoms with Crippen LogP contribution in [0.3, 0.4) is 0 Å². The number of esters is 1. The zero-order valence-electron chi connectivity index (χ0n) is 28.6. The number of hydrogen-bond acceptors (Lipinski definition) is 12. The third-order valence-corrected chi connectivity index (χ3v) is 9.28. The summed E-state index contributed by atoms with van der Waals surface area (Å²) >= 11 is 12.4. The minimum Gasteiger partial charge on any atom is -0.476 e. The molecule has 0 amide bonds. The molecule has 52 heavy (non-hydrogen) atoms. The predicted molar refractivity (Wildman–Crippen MR) is 194 cm³/mol. The van der Waals surface area contributed by atoms with Gasteiger partial charge >= 0.3 is 11.9 Å². The number of methoxy groups -OCH3 is 2. The quantitative estimate of drug-likeness (QED) is 0.257. The number of carboxylic acids is 1. The maximum atomic E-state index is 12.4. The van der Waals surface area contributed by atoms with Gasteiger partial charge in [0, 0.05) is 55.3 Å². The fraction of sp³-hybridized carbons (Fsp3) is 0.314. The highest BCUT2D eigenvalue weighted by Gasteiger charge is 2.38. The number of imidazole rings is 2. The summed E-state index contributed by atoms with van der Waals surface area (Å²) in [5.74, 6) is -1.74. The molecule has 4 aromatic rings. The van der Waals surface area contributed by atoms with Gasteiger partial charge in [-0.25, -0.2) is 19.6 Å². The van der Waals surface area contributed by atoms with Crippen molar-refractivity contribution in [2.45, 2.75) is 19.8 Å². The van der Waals surface area contributed by atoms with Crippen LogP contribution >= 0.6 is 23.2 Å². The number of carboxylic acid groups (broad SMARTS) is 1. The van der Waals surface area contributed by atoms with Crippen LogP contribution in [0.25, 0.3) is 11.4 Å². The first-order chi connectivity index (χ1) is 25.2. The Morgan fingerprint density at radius 2 is 1.23 bits per heavy atom. The van der Waals surface area contributed by atoms with Crippen LogP contribution in [0.2, 0.25) is 10.0 Å². The summed E-state index contributed by atoms with van der Waals surface area (Å²) in [6.07, 6.45) is 4.14. The fourth-order valence-corrected chi connectivity index (χ4v) is 6.98. The zero-order chi connectivity index (χ0) is 37.1. The summed E-state index contributed by atoms with van der Waals surface area (Å²) in [5, 5.41) is 34.9. The average molecular weight is 750 g/mol. The number of ether oxygens (including phenoxy) is 3. The molecule has 17 heteroatoms. The van der Waals surface area contributed by atoms with Gasteiger partial charge in [0.15, 0.2) is 11.4 Å². The predicted octanol–water partition coefficient (Wildman–Crippen LogP) is 4.49. The number of fused-ring (bicyclic) bond motifs is 10. The minimum atomic E-state index is -1.05. The van der Waals surface area contributed by atoms with Crippen molar-refractivity contribution in [1.82, 2.24) is 19.1 Å². The van der Waals surface area contributed by atoms with Gasteiger partial charge in [0.05, 0.1) is 77.3 Å². The van der Waals surface area contributed by atoms with E-state index in [0.29, 0.717) is 54.1 Å². The number of aliphatic hydroxyl groups excluding tert-OH is 1. The number of nitrogens with zero attached hydrogens (tertiary/aromatic N) is 8. The van der Waals surface area contributed by atoms with Crippen molar-refractivity contribution < 1.29 is 34.0 Å². The molecule has 6 heterocycles. The minimum absolute atomic E-state index is 0.0424. The molecular weight excluding hydrogens is 715 g/mol. The Morgan fingerprint density at radius 3 is 1.67 bits per heavy atom. The van der Waals surface area contributed by atoms with E-state index in [1.165, 1.54) is 6.33 Å². The lowest BCUT2D eigenvalue weighted by Crippen LogP contribution is -2.26. The lowest BCUT2D eigenvalue weighted by molar-refractivity contribution is 0.0518. The van der Waals surface area contributed by atoms with Gasteiger partial charge in [-0.2, -0.15) is 20.4 Å². The Kier molecular flexibility index (Phi) is 11.1. The Morgan fingerprint density at radius 1 is 0.769 bits per heavy atom. The van der Waals surface area contributed by atoms with Crippen molar-refractivity contribution in [3.63, 3.8) is 0 Å². The van der Waals surface area contributed by atoms with E-state index in [2.05, 4.69) is 30.4 Å². The summed E-state index contributed by atoms with van der Waals surface area (Å²) < 4.78 is 19.3. The van der Waals surface area contributed by atoms with Crippen molar-refractivity contribution in [2.75, 3.05) is 41.2 Å². The third kappa shape index (κ3) is 6.68. The van der Waals surface area contributed by atoms with E-state index >= 15 is 0 Å². The Bertz CT molecular complexity index is 2170. The van der Waals surface area contributed by atoms with Gasteiger partial charge in [-0.05, 0) is 43.3 Å². The lowest BCUT2D eigenvalue weighted by Gasteiger charge is -2.13. The summed E-state index contributed by atoms with van der Waals surface area (Å²) in [5.41, 5.74) is 8.31. The largest absolute Gasteiger partial charge is 0.476 e. The normalized spacial score (nSPS) is 17.3. The van der Waals surface area contributed by atoms with E-state index in [4.69, 9.17) is 42.5 Å². The molecule has 0 saturated heterocycles. The highest BCUT2D eigenvalue weighted by Crippen LogP contribution is 2.35. The molecule has 0 spiro atoms. The van der Waals surface area contributed by atoms with Crippen molar-refractivity contribution in [2.24, 2.45) is 32.2 Å². The van der Waals surface area contributed by atoms with Crippen LogP contribution in [0.5, 0.6) is 0 Å². The Labute approximate surface area is 307 Å². The number of rotatable bonds is 7. The number of carbonyl (C=O) groups is 2. The van der Waals surface area contributed by atoms with Crippen molar-refractivity contribution in [1.29, 1.82) is 0 Å². The number of carbonyl (C=O) groups excluding carboxylic acids is 1. The fourth-order valence-electron chi connectivity index (χ4n) is 6.63. The van der Waals surface area contributed by atoms with Gasteiger partial charge in [-0.3, -0.25) is 0 Å². The number of benzene rings is 2. The van der Waals surface area contributed by atoms with Gasteiger partial charge < -0.3 is 33.6 Å². The number of halogens is 2. The molecule has 2 N–H and O–H groups in total. The first kappa shape index (κ1) is 36.7. The monoisotopic (exact) mass is 748 g/mol. The summed E-state index contributed by atoms with van der Waals surface area (Å²) in [7, 11) is 4.21. The van der Waals surface area contributed by atoms with Crippen LogP contribution in [0, 0.1) is 11.8 Å². The van der Waals surface area contributed by atoms with Crippen LogP contribution in [-0.2, 0) is 27.1 Å². The number of aliphatic hydroxyl groups is 1. The molecule has 0 saturated carbocycles. The highest BCUT2D eigenvalue weighted by molar-refractivity contribution is 6.32. The summed E-state index contributed by atoms with van der Waals surface area (Å²) in [4.78, 5) is 32.3. The molecule has 0 aliphatic carbocycles. The van der Waals surface area contributed by atoms with E-state index in [0.717, 1.165) is 58.2 Å². The summed E-state index contributed by atoms with van der Waals surface area (Å²) in [6, 6.07) is 11.0.